The highest BCUT2D eigenvalue weighted by Gasteiger charge is 2.29. The van der Waals surface area contributed by atoms with Gasteiger partial charge in [-0.15, -0.1) is 0 Å². The molecule has 2 unspecified atom stereocenters. The summed E-state index contributed by atoms with van der Waals surface area (Å²) in [6, 6.07) is 8.36. The third kappa shape index (κ3) is 4.62. The molecule has 1 saturated heterocycles. The first-order valence-electron chi connectivity index (χ1n) is 8.23. The van der Waals surface area contributed by atoms with Crippen molar-refractivity contribution in [2.45, 2.75) is 6.04 Å². The molecule has 7 nitrogen and oxygen atoms in total. The van der Waals surface area contributed by atoms with Crippen molar-refractivity contribution in [3.05, 3.63) is 47.9 Å². The minimum atomic E-state index is -0.241. The molecule has 1 aromatic heterocycles. The molecular weight excluding hydrogens is 323 g/mol. The van der Waals surface area contributed by atoms with Gasteiger partial charge in [-0.3, -0.25) is 19.8 Å². The van der Waals surface area contributed by atoms with Crippen LogP contribution >= 0.6 is 0 Å². The maximum Gasteiger partial charge on any atom is 0.239 e. The molecule has 0 radical (unpaired) electrons. The molecule has 1 amide bonds. The Bertz CT molecular complexity index is 716. The van der Waals surface area contributed by atoms with Crippen LogP contribution in [0, 0.1) is 11.7 Å². The van der Waals surface area contributed by atoms with Gasteiger partial charge in [0.2, 0.25) is 5.91 Å². The number of carbonyl (C=O) groups excluding carboxylic acids is 1. The fourth-order valence-electron chi connectivity index (χ4n) is 3.11. The number of hydrogen-bond acceptors (Lipinski definition) is 5. The second-order valence-electron chi connectivity index (χ2n) is 6.43. The maximum absolute atomic E-state index is 13.1. The molecule has 8 heteroatoms. The number of hydrazine groups is 1. The zero-order chi connectivity index (χ0) is 17.8. The van der Waals surface area contributed by atoms with Crippen LogP contribution < -0.4 is 16.2 Å². The summed E-state index contributed by atoms with van der Waals surface area (Å²) in [5, 5.41) is 6.92. The van der Waals surface area contributed by atoms with E-state index in [4.69, 9.17) is 0 Å². The van der Waals surface area contributed by atoms with Crippen LogP contribution in [0.3, 0.4) is 0 Å². The number of rotatable bonds is 6. The number of hydrogen-bond donors (Lipinski definition) is 3. The number of halogens is 1. The van der Waals surface area contributed by atoms with E-state index in [1.54, 1.807) is 36.1 Å². The van der Waals surface area contributed by atoms with Gasteiger partial charge >= 0.3 is 0 Å². The van der Waals surface area contributed by atoms with Crippen LogP contribution in [0.5, 0.6) is 0 Å². The van der Waals surface area contributed by atoms with Crippen molar-refractivity contribution in [3.63, 3.8) is 0 Å². The first-order valence-corrected chi connectivity index (χ1v) is 8.23. The summed E-state index contributed by atoms with van der Waals surface area (Å²) >= 11 is 0. The molecule has 0 saturated carbocycles. The van der Waals surface area contributed by atoms with E-state index < -0.39 is 0 Å². The summed E-state index contributed by atoms with van der Waals surface area (Å²) < 4.78 is 14.8. The first kappa shape index (κ1) is 17.5. The minimum Gasteiger partial charge on any atom is -0.308 e. The van der Waals surface area contributed by atoms with Crippen molar-refractivity contribution < 1.29 is 9.18 Å². The molecule has 134 valence electrons. The number of aromatic nitrogens is 2. The Labute approximate surface area is 146 Å². The highest BCUT2D eigenvalue weighted by Crippen LogP contribution is 2.25. The molecule has 2 atom stereocenters. The van der Waals surface area contributed by atoms with Crippen LogP contribution in [0.2, 0.25) is 0 Å². The number of benzene rings is 1. The lowest BCUT2D eigenvalue weighted by Crippen LogP contribution is -2.36. The van der Waals surface area contributed by atoms with Crippen molar-refractivity contribution in [1.29, 1.82) is 0 Å². The molecule has 1 aliphatic heterocycles. The van der Waals surface area contributed by atoms with Crippen LogP contribution in [0.15, 0.2) is 36.5 Å². The molecule has 2 heterocycles. The van der Waals surface area contributed by atoms with Gasteiger partial charge in [-0.2, -0.15) is 5.10 Å². The van der Waals surface area contributed by atoms with Crippen LogP contribution in [-0.2, 0) is 11.8 Å². The molecule has 1 aliphatic rings. The molecule has 25 heavy (non-hydrogen) atoms. The molecule has 3 N–H and O–H groups in total. The first-order chi connectivity index (χ1) is 12.0. The fraction of sp³-hybridized carbons (Fsp3) is 0.412. The molecule has 3 rings (SSSR count). The topological polar surface area (TPSA) is 74.2 Å². The normalized spacial score (nSPS) is 20.2. The summed E-state index contributed by atoms with van der Waals surface area (Å²) in [6.07, 6.45) is 1.78. The number of aryl methyl sites for hydroxylation is 1. The minimum absolute atomic E-state index is 0.0851. The molecule has 0 spiro atoms. The fourth-order valence-corrected chi connectivity index (χ4v) is 3.11. The number of likely N-dealkylation sites (N-methyl/N-ethyl adjacent to an activating group) is 1. The van der Waals surface area contributed by atoms with Crippen LogP contribution in [0.4, 0.5) is 10.2 Å². The Morgan fingerprint density at radius 3 is 2.84 bits per heavy atom. The van der Waals surface area contributed by atoms with Gasteiger partial charge in [0.05, 0.1) is 12.6 Å². The van der Waals surface area contributed by atoms with Gasteiger partial charge in [-0.25, -0.2) is 9.82 Å². The summed E-state index contributed by atoms with van der Waals surface area (Å²) in [5.41, 5.74) is 7.41. The summed E-state index contributed by atoms with van der Waals surface area (Å²) in [7, 11) is 3.72. The van der Waals surface area contributed by atoms with Gasteiger partial charge in [-0.1, -0.05) is 12.1 Å². The number of amides is 1. The number of carbonyl (C=O) groups is 1. The van der Waals surface area contributed by atoms with Crippen LogP contribution in [0.25, 0.3) is 0 Å². The Morgan fingerprint density at radius 1 is 1.40 bits per heavy atom. The van der Waals surface area contributed by atoms with E-state index in [0.717, 1.165) is 18.7 Å². The van der Waals surface area contributed by atoms with Crippen molar-refractivity contribution in [1.82, 2.24) is 25.5 Å². The van der Waals surface area contributed by atoms with Crippen LogP contribution in [-0.4, -0.2) is 47.3 Å². The molecular formula is C17H23FN6O. The van der Waals surface area contributed by atoms with E-state index in [2.05, 4.69) is 21.3 Å². The van der Waals surface area contributed by atoms with Gasteiger partial charge in [0.25, 0.3) is 0 Å². The second-order valence-corrected chi connectivity index (χ2v) is 6.43. The van der Waals surface area contributed by atoms with Gasteiger partial charge in [-0.05, 0) is 24.7 Å². The number of nitrogens with one attached hydrogen (secondary N) is 3. The lowest BCUT2D eigenvalue weighted by atomic mass is 9.94. The van der Waals surface area contributed by atoms with Gasteiger partial charge in [0.15, 0.2) is 5.82 Å². The lowest BCUT2D eigenvalue weighted by molar-refractivity contribution is -0.117. The van der Waals surface area contributed by atoms with E-state index in [1.165, 1.54) is 12.1 Å². The Kier molecular flexibility index (Phi) is 5.42. The highest BCUT2D eigenvalue weighted by atomic mass is 19.1. The third-order valence-electron chi connectivity index (χ3n) is 4.26. The van der Waals surface area contributed by atoms with Gasteiger partial charge in [0.1, 0.15) is 5.82 Å². The largest absolute Gasteiger partial charge is 0.308 e. The summed E-state index contributed by atoms with van der Waals surface area (Å²) in [4.78, 5) is 14.1. The van der Waals surface area contributed by atoms with Crippen molar-refractivity contribution >= 4 is 11.7 Å². The Balaban J connectivity index is 1.53. The van der Waals surface area contributed by atoms with E-state index in [1.807, 2.05) is 11.9 Å². The zero-order valence-corrected chi connectivity index (χ0v) is 14.4. The maximum atomic E-state index is 13.1. The van der Waals surface area contributed by atoms with Gasteiger partial charge < -0.3 is 5.32 Å². The highest BCUT2D eigenvalue weighted by molar-refractivity contribution is 5.91. The Hall–Kier alpha value is -2.29. The number of anilines is 1. The third-order valence-corrected chi connectivity index (χ3v) is 4.26. The summed E-state index contributed by atoms with van der Waals surface area (Å²) in [6.45, 7) is 1.80. The molecule has 0 bridgehead atoms. The smallest absolute Gasteiger partial charge is 0.239 e. The van der Waals surface area contributed by atoms with Gasteiger partial charge in [0, 0.05) is 38.3 Å². The standard InChI is InChI=1S/C17H23FN6O/c1-23(11-16(25)20-15-7-8-24(2)22-15)10-13-9-19-21-17(13)12-3-5-14(18)6-4-12/h3-8,13,17,19,21H,9-11H2,1-2H3,(H,20,22,25). The second kappa shape index (κ2) is 7.73. The lowest BCUT2D eigenvalue weighted by Gasteiger charge is -2.24. The number of nitrogens with zero attached hydrogens (tertiary/aromatic N) is 3. The van der Waals surface area contributed by atoms with E-state index in [-0.39, 0.29) is 30.2 Å². The predicted molar refractivity (Wildman–Crippen MR) is 93.1 cm³/mol. The molecule has 1 fully saturated rings. The summed E-state index contributed by atoms with van der Waals surface area (Å²) in [5.74, 6) is 0.486. The van der Waals surface area contributed by atoms with Crippen molar-refractivity contribution in [3.8, 4) is 0 Å². The molecule has 0 aliphatic carbocycles. The van der Waals surface area contributed by atoms with Crippen molar-refractivity contribution in [2.75, 3.05) is 32.0 Å². The Morgan fingerprint density at radius 2 is 2.16 bits per heavy atom. The zero-order valence-electron chi connectivity index (χ0n) is 14.4. The molecule has 1 aromatic carbocycles. The average Bonchev–Trinajstić information content (AvgIpc) is 3.17. The predicted octanol–water partition coefficient (Wildman–Crippen LogP) is 0.895. The SMILES string of the molecule is CN(CC(=O)Nc1ccn(C)n1)CC1CNNC1c1ccc(F)cc1. The average molecular weight is 346 g/mol. The van der Waals surface area contributed by atoms with E-state index >= 15 is 0 Å². The van der Waals surface area contributed by atoms with Crippen LogP contribution in [0.1, 0.15) is 11.6 Å². The monoisotopic (exact) mass is 346 g/mol. The molecule has 2 aromatic rings. The quantitative estimate of drug-likeness (QED) is 0.725. The van der Waals surface area contributed by atoms with Crippen molar-refractivity contribution in [2.24, 2.45) is 13.0 Å². The van der Waals surface area contributed by atoms with E-state index in [0.29, 0.717) is 5.82 Å². The van der Waals surface area contributed by atoms with E-state index in [9.17, 15) is 9.18 Å².